The Labute approximate surface area is 151 Å². The lowest BCUT2D eigenvalue weighted by Gasteiger charge is -2.11. The summed E-state index contributed by atoms with van der Waals surface area (Å²) in [5.41, 5.74) is 3.24. The lowest BCUT2D eigenvalue weighted by Crippen LogP contribution is -2.05. The van der Waals surface area contributed by atoms with Crippen LogP contribution in [-0.4, -0.2) is 6.10 Å². The van der Waals surface area contributed by atoms with Crippen LogP contribution in [0.2, 0.25) is 0 Å². The summed E-state index contributed by atoms with van der Waals surface area (Å²) in [5, 5.41) is 9.54. The van der Waals surface area contributed by atoms with E-state index in [-0.39, 0.29) is 11.9 Å². The predicted octanol–water partition coefficient (Wildman–Crippen LogP) is 6.19. The quantitative estimate of drug-likeness (QED) is 0.561. The number of nitrogens with zero attached hydrogens (tertiary/aromatic N) is 1. The van der Waals surface area contributed by atoms with Crippen LogP contribution in [-0.2, 0) is 0 Å². The van der Waals surface area contributed by atoms with Gasteiger partial charge in [0.2, 0.25) is 0 Å². The lowest BCUT2D eigenvalue weighted by molar-refractivity contribution is 0.242. The standard InChI is InChI=1S/C21H18FNOS/c1-13(2)24-18-7-4-15(5-8-18)19-9-6-16(10-17(19)12-23)21-11-20(22)14(3)25-21/h4-11,13H,1-3H3. The van der Waals surface area contributed by atoms with Crippen molar-refractivity contribution >= 4 is 11.3 Å². The van der Waals surface area contributed by atoms with E-state index in [4.69, 9.17) is 4.74 Å². The Bertz CT molecular complexity index is 916. The number of benzene rings is 2. The summed E-state index contributed by atoms with van der Waals surface area (Å²) in [4.78, 5) is 1.48. The first-order valence-corrected chi connectivity index (χ1v) is 8.87. The molecule has 3 aromatic rings. The van der Waals surface area contributed by atoms with Gasteiger partial charge in [0.25, 0.3) is 0 Å². The maximum atomic E-state index is 13.6. The van der Waals surface area contributed by atoms with E-state index in [2.05, 4.69) is 6.07 Å². The topological polar surface area (TPSA) is 33.0 Å². The van der Waals surface area contributed by atoms with Crippen LogP contribution >= 0.6 is 11.3 Å². The molecular formula is C21H18FNOS. The number of hydrogen-bond donors (Lipinski definition) is 0. The van der Waals surface area contributed by atoms with Crippen LogP contribution in [0.5, 0.6) is 5.75 Å². The van der Waals surface area contributed by atoms with Crippen molar-refractivity contribution in [2.24, 2.45) is 0 Å². The molecule has 0 amide bonds. The van der Waals surface area contributed by atoms with Crippen molar-refractivity contribution in [1.29, 1.82) is 5.26 Å². The van der Waals surface area contributed by atoms with E-state index in [1.165, 1.54) is 17.4 Å². The molecule has 3 rings (SSSR count). The van der Waals surface area contributed by atoms with E-state index < -0.39 is 0 Å². The van der Waals surface area contributed by atoms with Crippen LogP contribution in [0.3, 0.4) is 0 Å². The SMILES string of the molecule is Cc1sc(-c2ccc(-c3ccc(OC(C)C)cc3)c(C#N)c2)cc1F. The Morgan fingerprint density at radius 2 is 1.72 bits per heavy atom. The van der Waals surface area contributed by atoms with Crippen molar-refractivity contribution in [1.82, 2.24) is 0 Å². The third-order valence-corrected chi connectivity index (χ3v) is 4.89. The van der Waals surface area contributed by atoms with E-state index in [0.717, 1.165) is 27.3 Å². The van der Waals surface area contributed by atoms with Crippen molar-refractivity contribution in [3.63, 3.8) is 0 Å². The highest BCUT2D eigenvalue weighted by Gasteiger charge is 2.11. The summed E-state index contributed by atoms with van der Waals surface area (Å²) >= 11 is 1.39. The molecular weight excluding hydrogens is 333 g/mol. The molecule has 1 aromatic heterocycles. The average Bonchev–Trinajstić information content (AvgIpc) is 2.93. The first-order valence-electron chi connectivity index (χ1n) is 8.05. The van der Waals surface area contributed by atoms with Gasteiger partial charge in [0.1, 0.15) is 11.6 Å². The van der Waals surface area contributed by atoms with Gasteiger partial charge in [-0.25, -0.2) is 4.39 Å². The van der Waals surface area contributed by atoms with Gasteiger partial charge in [-0.2, -0.15) is 5.26 Å². The molecule has 25 heavy (non-hydrogen) atoms. The number of aryl methyl sites for hydroxylation is 1. The molecule has 4 heteroatoms. The molecule has 0 unspecified atom stereocenters. The third kappa shape index (κ3) is 3.72. The van der Waals surface area contributed by atoms with E-state index in [1.807, 2.05) is 56.3 Å². The first kappa shape index (κ1) is 17.2. The largest absolute Gasteiger partial charge is 0.491 e. The highest BCUT2D eigenvalue weighted by atomic mass is 32.1. The fourth-order valence-corrected chi connectivity index (χ4v) is 3.52. The molecule has 0 atom stereocenters. The summed E-state index contributed by atoms with van der Waals surface area (Å²) in [6, 6.07) is 17.1. The average molecular weight is 351 g/mol. The van der Waals surface area contributed by atoms with Crippen LogP contribution in [0.4, 0.5) is 4.39 Å². The van der Waals surface area contributed by atoms with Crippen LogP contribution in [0.15, 0.2) is 48.5 Å². The van der Waals surface area contributed by atoms with Crippen LogP contribution in [0.1, 0.15) is 24.3 Å². The molecule has 0 aliphatic rings. The van der Waals surface area contributed by atoms with Crippen molar-refractivity contribution in [2.45, 2.75) is 26.9 Å². The Morgan fingerprint density at radius 3 is 2.28 bits per heavy atom. The number of rotatable bonds is 4. The number of ether oxygens (including phenoxy) is 1. The second kappa shape index (κ2) is 7.08. The lowest BCUT2D eigenvalue weighted by atomic mass is 9.97. The summed E-state index contributed by atoms with van der Waals surface area (Å²) in [7, 11) is 0. The zero-order valence-electron chi connectivity index (χ0n) is 14.3. The molecule has 0 saturated carbocycles. The summed E-state index contributed by atoms with van der Waals surface area (Å²) in [6.07, 6.45) is 0.120. The second-order valence-corrected chi connectivity index (χ2v) is 7.33. The highest BCUT2D eigenvalue weighted by molar-refractivity contribution is 7.15. The second-order valence-electron chi connectivity index (χ2n) is 6.08. The number of nitriles is 1. The minimum Gasteiger partial charge on any atom is -0.491 e. The molecule has 0 bridgehead atoms. The fourth-order valence-electron chi connectivity index (χ4n) is 2.63. The molecule has 0 N–H and O–H groups in total. The monoisotopic (exact) mass is 351 g/mol. The molecule has 0 saturated heterocycles. The smallest absolute Gasteiger partial charge is 0.137 e. The van der Waals surface area contributed by atoms with Gasteiger partial charge in [0, 0.05) is 9.75 Å². The molecule has 0 aliphatic heterocycles. The molecule has 0 radical (unpaired) electrons. The van der Waals surface area contributed by atoms with Crippen molar-refractivity contribution in [2.75, 3.05) is 0 Å². The maximum absolute atomic E-state index is 13.6. The minimum atomic E-state index is -0.205. The third-order valence-electron chi connectivity index (χ3n) is 3.82. The summed E-state index contributed by atoms with van der Waals surface area (Å²) in [6.45, 7) is 5.72. The van der Waals surface area contributed by atoms with E-state index in [9.17, 15) is 9.65 Å². The van der Waals surface area contributed by atoms with Gasteiger partial charge in [0.05, 0.1) is 17.7 Å². The van der Waals surface area contributed by atoms with Crippen molar-refractivity contribution in [3.8, 4) is 33.4 Å². The molecule has 0 spiro atoms. The van der Waals surface area contributed by atoms with Crippen LogP contribution < -0.4 is 4.74 Å². The van der Waals surface area contributed by atoms with Gasteiger partial charge in [-0.1, -0.05) is 24.3 Å². The van der Waals surface area contributed by atoms with Crippen molar-refractivity contribution < 1.29 is 9.13 Å². The van der Waals surface area contributed by atoms with Crippen molar-refractivity contribution in [3.05, 3.63) is 64.8 Å². The first-order chi connectivity index (χ1) is 12.0. The normalized spacial score (nSPS) is 10.7. The van der Waals surface area contributed by atoms with Gasteiger partial charge in [-0.3, -0.25) is 0 Å². The Kier molecular flexibility index (Phi) is 4.87. The van der Waals surface area contributed by atoms with Gasteiger partial charge >= 0.3 is 0 Å². The molecule has 0 fully saturated rings. The van der Waals surface area contributed by atoms with E-state index in [0.29, 0.717) is 10.4 Å². The Balaban J connectivity index is 1.96. The zero-order chi connectivity index (χ0) is 18.0. The van der Waals surface area contributed by atoms with Gasteiger partial charge < -0.3 is 4.74 Å². The molecule has 0 aliphatic carbocycles. The number of halogens is 1. The molecule has 126 valence electrons. The zero-order valence-corrected chi connectivity index (χ0v) is 15.2. The fraction of sp³-hybridized carbons (Fsp3) is 0.190. The minimum absolute atomic E-state index is 0.120. The molecule has 1 heterocycles. The Hall–Kier alpha value is -2.64. The highest BCUT2D eigenvalue weighted by Crippen LogP contribution is 2.34. The maximum Gasteiger partial charge on any atom is 0.137 e. The van der Waals surface area contributed by atoms with Crippen LogP contribution in [0, 0.1) is 24.1 Å². The Morgan fingerprint density at radius 1 is 1.04 bits per heavy atom. The molecule has 2 aromatic carbocycles. The van der Waals surface area contributed by atoms with Gasteiger partial charge in [0.15, 0.2) is 0 Å². The molecule has 2 nitrogen and oxygen atoms in total. The van der Waals surface area contributed by atoms with Crippen LogP contribution in [0.25, 0.3) is 21.6 Å². The number of thiophene rings is 1. The summed E-state index contributed by atoms with van der Waals surface area (Å²) < 4.78 is 19.3. The summed E-state index contributed by atoms with van der Waals surface area (Å²) in [5.74, 6) is 0.599. The van der Waals surface area contributed by atoms with Gasteiger partial charge in [-0.15, -0.1) is 11.3 Å². The predicted molar refractivity (Wildman–Crippen MR) is 100 cm³/mol. The van der Waals surface area contributed by atoms with E-state index >= 15 is 0 Å². The van der Waals surface area contributed by atoms with Gasteiger partial charge in [-0.05, 0) is 61.7 Å². The van der Waals surface area contributed by atoms with E-state index in [1.54, 1.807) is 6.92 Å². The number of hydrogen-bond acceptors (Lipinski definition) is 3.